The smallest absolute Gasteiger partial charge is 0.255 e. The minimum Gasteiger partial charge on any atom is -0.507 e. The second-order valence-corrected chi connectivity index (χ2v) is 21.6. The Morgan fingerprint density at radius 2 is 1.68 bits per heavy atom. The van der Waals surface area contributed by atoms with Crippen molar-refractivity contribution in [1.29, 1.82) is 0 Å². The summed E-state index contributed by atoms with van der Waals surface area (Å²) in [5.74, 6) is 6.43. The topological polar surface area (TPSA) is 241 Å². The molecule has 5 N–H and O–H groups in total. The second-order valence-electron chi connectivity index (χ2n) is 20.8. The first kappa shape index (κ1) is 51.8. The standard InChI is InChI=1S/C58H61N11O8S/c1-33(2)54(58(73)68-31-42(70)23-48(68)56(59)72)51-27-53(66-77-51)74-21-7-8-38-15-18-43(28-61-38)75-44-24-45(25-44)76-52-22-39(19-20-60-52)69-40-16-17-41(69)30-67(29-40)49-26-47(46-9-5-6-10-50(46)71)64-65-57(49)63-34(3)36-11-13-37(14-12-36)55-35(4)62-32-78-55/h5-6,9-15,18-20,22,26-28,32-34,40-42,44-45,48,54,70-71H,16-17,21,23-25,29-31H2,1-4H3,(H2,59,72)(H,63,65)/t34-,40+,41+,42?,44?,45?,48?,54+/m0/s1. The van der Waals surface area contributed by atoms with Crippen LogP contribution in [0.3, 0.4) is 0 Å². The van der Waals surface area contributed by atoms with Crippen molar-refractivity contribution in [3.8, 4) is 56.8 Å². The van der Waals surface area contributed by atoms with Crippen LogP contribution in [0.15, 0.2) is 107 Å². The molecule has 78 heavy (non-hydrogen) atoms. The van der Waals surface area contributed by atoms with Crippen molar-refractivity contribution in [2.24, 2.45) is 11.7 Å². The third-order valence-electron chi connectivity index (χ3n) is 15.1. The van der Waals surface area contributed by atoms with E-state index in [0.29, 0.717) is 47.2 Å². The molecule has 4 fully saturated rings. The molecule has 2 amide bonds. The van der Waals surface area contributed by atoms with E-state index in [0.717, 1.165) is 54.1 Å². The lowest BCUT2D eigenvalue weighted by molar-refractivity contribution is -0.139. The number of hydrogen-bond donors (Lipinski definition) is 4. The molecular formula is C58H61N11O8S. The molecule has 3 saturated heterocycles. The number of carbonyl (C=O) groups is 2. The van der Waals surface area contributed by atoms with Gasteiger partial charge in [0.15, 0.2) is 18.2 Å². The maximum Gasteiger partial charge on any atom is 0.255 e. The van der Waals surface area contributed by atoms with E-state index in [9.17, 15) is 19.8 Å². The Labute approximate surface area is 455 Å². The summed E-state index contributed by atoms with van der Waals surface area (Å²) in [7, 11) is 0. The van der Waals surface area contributed by atoms with Crippen LogP contribution in [0, 0.1) is 24.7 Å². The lowest BCUT2D eigenvalue weighted by atomic mass is 9.91. The number of phenols is 1. The molecule has 2 aromatic carbocycles. The fraction of sp³-hybridized carbons (Fsp3) is 0.379. The Bertz CT molecular complexity index is 3320. The minimum absolute atomic E-state index is 0.00790. The summed E-state index contributed by atoms with van der Waals surface area (Å²) in [6, 6.07) is 26.7. The number of aliphatic hydroxyl groups excluding tert-OH is 1. The van der Waals surface area contributed by atoms with Gasteiger partial charge in [0.1, 0.15) is 41.4 Å². The zero-order chi connectivity index (χ0) is 54.0. The number of phenolic OH excluding ortho intramolecular Hbond substituents is 1. The molecule has 7 aromatic rings. The molecule has 20 heteroatoms. The molecule has 5 aromatic heterocycles. The highest BCUT2D eigenvalue weighted by Gasteiger charge is 2.44. The molecule has 2 unspecified atom stereocenters. The monoisotopic (exact) mass is 1070 g/mol. The summed E-state index contributed by atoms with van der Waals surface area (Å²) >= 11 is 1.65. The summed E-state index contributed by atoms with van der Waals surface area (Å²) in [6.07, 6.45) is 6.16. The number of anilines is 3. The Kier molecular flexibility index (Phi) is 14.9. The quantitative estimate of drug-likeness (QED) is 0.0639. The van der Waals surface area contributed by atoms with Crippen LogP contribution in [0.1, 0.15) is 87.5 Å². The molecule has 3 aliphatic heterocycles. The number of piperazine rings is 1. The van der Waals surface area contributed by atoms with Crippen LogP contribution in [0.4, 0.5) is 17.2 Å². The second kappa shape index (κ2) is 22.4. The highest BCUT2D eigenvalue weighted by molar-refractivity contribution is 7.13. The number of nitrogens with one attached hydrogen (secondary N) is 1. The number of aromatic hydroxyl groups is 1. The lowest BCUT2D eigenvalue weighted by Gasteiger charge is -2.44. The first-order valence-corrected chi connectivity index (χ1v) is 27.3. The summed E-state index contributed by atoms with van der Waals surface area (Å²) in [6.45, 7) is 9.44. The Morgan fingerprint density at radius 1 is 0.897 bits per heavy atom. The molecule has 6 atom stereocenters. The zero-order valence-electron chi connectivity index (χ0n) is 43.7. The van der Waals surface area contributed by atoms with Gasteiger partial charge in [0.05, 0.1) is 45.8 Å². The van der Waals surface area contributed by atoms with E-state index in [2.05, 4.69) is 102 Å². The van der Waals surface area contributed by atoms with Gasteiger partial charge in [0.25, 0.3) is 5.88 Å². The third-order valence-corrected chi connectivity index (χ3v) is 16.1. The summed E-state index contributed by atoms with van der Waals surface area (Å²) < 4.78 is 23.8. The van der Waals surface area contributed by atoms with Crippen molar-refractivity contribution in [2.75, 3.05) is 41.4 Å². The number of rotatable bonds is 17. The van der Waals surface area contributed by atoms with Gasteiger partial charge in [-0.2, -0.15) is 0 Å². The van der Waals surface area contributed by atoms with Crippen LogP contribution >= 0.6 is 11.3 Å². The van der Waals surface area contributed by atoms with Crippen LogP contribution in [-0.4, -0.2) is 120 Å². The number of primary amides is 1. The highest BCUT2D eigenvalue weighted by Crippen LogP contribution is 2.42. The number of aromatic nitrogens is 6. The number of benzene rings is 2. The molecule has 8 heterocycles. The van der Waals surface area contributed by atoms with E-state index in [1.54, 1.807) is 35.7 Å². The van der Waals surface area contributed by atoms with Crippen molar-refractivity contribution in [1.82, 2.24) is 35.2 Å². The maximum atomic E-state index is 13.5. The molecule has 1 aliphatic carbocycles. The van der Waals surface area contributed by atoms with E-state index in [1.165, 1.54) is 15.8 Å². The van der Waals surface area contributed by atoms with Crippen molar-refractivity contribution in [3.63, 3.8) is 0 Å². The van der Waals surface area contributed by atoms with E-state index in [1.807, 2.05) is 50.7 Å². The fourth-order valence-electron chi connectivity index (χ4n) is 11.0. The SMILES string of the molecule is Cc1ncsc1-c1ccc([C@H](C)Nc2nnc(-c3ccccc3O)cc2N2C[C@H]3CC[C@H](C2)N3c2ccnc(OC3CC(Oc4ccc(C#CCOc5cc([C@H](C(=O)N6CC(O)CC6C(N)=O)C(C)C)on5)nc4)C3)c2)cc1. The van der Waals surface area contributed by atoms with Gasteiger partial charge in [-0.15, -0.1) is 21.5 Å². The molecule has 0 radical (unpaired) electrons. The number of hydrogen-bond acceptors (Lipinski definition) is 18. The van der Waals surface area contributed by atoms with E-state index in [4.69, 9.17) is 29.6 Å². The van der Waals surface area contributed by atoms with Gasteiger partial charge in [-0.25, -0.2) is 15.0 Å². The van der Waals surface area contributed by atoms with Gasteiger partial charge in [0.2, 0.25) is 17.7 Å². The number of nitrogens with two attached hydrogens (primary N) is 1. The number of aliphatic hydroxyl groups is 1. The molecule has 2 bridgehead atoms. The number of aryl methyl sites for hydroxylation is 1. The van der Waals surface area contributed by atoms with E-state index < -0.39 is 24.0 Å². The van der Waals surface area contributed by atoms with Gasteiger partial charge in [0, 0.05) is 80.6 Å². The van der Waals surface area contributed by atoms with Gasteiger partial charge in [-0.05, 0) is 91.2 Å². The average Bonchev–Trinajstić information content (AvgIpc) is 4.30. The summed E-state index contributed by atoms with van der Waals surface area (Å²) in [4.78, 5) is 46.4. The highest BCUT2D eigenvalue weighted by atomic mass is 32.1. The van der Waals surface area contributed by atoms with Crippen molar-refractivity contribution >= 4 is 40.3 Å². The van der Waals surface area contributed by atoms with Gasteiger partial charge in [-0.3, -0.25) is 9.59 Å². The van der Waals surface area contributed by atoms with Crippen LogP contribution in [-0.2, 0) is 9.59 Å². The van der Waals surface area contributed by atoms with Gasteiger partial charge in [-0.1, -0.05) is 56.2 Å². The Morgan fingerprint density at radius 3 is 2.40 bits per heavy atom. The summed E-state index contributed by atoms with van der Waals surface area (Å²) in [5.41, 5.74) is 14.5. The van der Waals surface area contributed by atoms with Crippen molar-refractivity contribution in [2.45, 2.75) is 108 Å². The molecule has 0 spiro atoms. The first-order chi connectivity index (χ1) is 37.8. The molecule has 19 nitrogen and oxygen atoms in total. The fourth-order valence-corrected chi connectivity index (χ4v) is 11.9. The Balaban J connectivity index is 0.672. The van der Waals surface area contributed by atoms with Crippen LogP contribution in [0.5, 0.6) is 23.3 Å². The number of thiazole rings is 1. The zero-order valence-corrected chi connectivity index (χ0v) is 44.5. The number of pyridine rings is 2. The van der Waals surface area contributed by atoms with Crippen molar-refractivity contribution < 1.29 is 38.5 Å². The number of para-hydroxylation sites is 1. The van der Waals surface area contributed by atoms with Crippen LogP contribution in [0.2, 0.25) is 0 Å². The maximum absolute atomic E-state index is 13.5. The third kappa shape index (κ3) is 11.1. The number of likely N-dealkylation sites (tertiary alicyclic amines) is 1. The predicted octanol–water partition coefficient (Wildman–Crippen LogP) is 7.70. The normalized spacial score (nSPS) is 21.3. The lowest BCUT2D eigenvalue weighted by Crippen LogP contribution is -2.54. The first-order valence-electron chi connectivity index (χ1n) is 26.4. The molecule has 402 valence electrons. The predicted molar refractivity (Wildman–Crippen MR) is 293 cm³/mol. The van der Waals surface area contributed by atoms with Crippen LogP contribution < -0.4 is 35.1 Å². The van der Waals surface area contributed by atoms with Gasteiger partial charge < -0.3 is 54.7 Å². The molecule has 11 rings (SSSR count). The largest absolute Gasteiger partial charge is 0.507 e. The van der Waals surface area contributed by atoms with E-state index in [-0.39, 0.29) is 79.1 Å². The van der Waals surface area contributed by atoms with Crippen LogP contribution in [0.25, 0.3) is 21.7 Å². The number of amides is 2. The number of ether oxygens (including phenoxy) is 3. The minimum atomic E-state index is -0.885. The number of nitrogens with zero attached hydrogens (tertiary/aromatic N) is 9. The molecule has 4 aliphatic rings. The number of fused-ring (bicyclic) bond motifs is 2. The Hall–Kier alpha value is -8.28. The molecular weight excluding hydrogens is 1010 g/mol. The van der Waals surface area contributed by atoms with E-state index >= 15 is 0 Å². The van der Waals surface area contributed by atoms with Gasteiger partial charge >= 0.3 is 0 Å². The molecule has 1 saturated carbocycles. The number of carbonyl (C=O) groups excluding carboxylic acids is 2. The van der Waals surface area contributed by atoms with Crippen molar-refractivity contribution in [3.05, 3.63) is 126 Å². The average molecular weight is 1070 g/mol. The summed E-state index contributed by atoms with van der Waals surface area (Å²) in [5, 5.41) is 38.0. The number of β-amino-alcohol motifs (C(OH)–C–C–N with tert-alkyl or cyclic N) is 1.